The van der Waals surface area contributed by atoms with E-state index in [-0.39, 0.29) is 12.5 Å². The quantitative estimate of drug-likeness (QED) is 0.346. The second-order valence-corrected chi connectivity index (χ2v) is 2.82. The highest BCUT2D eigenvalue weighted by atomic mass is 16.3. The number of amides is 1. The zero-order chi connectivity index (χ0) is 11.1. The van der Waals surface area contributed by atoms with Gasteiger partial charge in [-0.05, 0) is 11.6 Å². The fraction of sp³-hybridized carbons (Fsp3) is 0.444. The third-order valence-corrected chi connectivity index (χ3v) is 1.87. The lowest BCUT2D eigenvalue weighted by Gasteiger charge is -2.01. The maximum Gasteiger partial charge on any atom is 0.254 e. The van der Waals surface area contributed by atoms with Crippen molar-refractivity contribution in [2.75, 3.05) is 13.1 Å². The summed E-state index contributed by atoms with van der Waals surface area (Å²) >= 11 is 0. The van der Waals surface area contributed by atoms with Crippen molar-refractivity contribution in [3.8, 4) is 0 Å². The van der Waals surface area contributed by atoms with E-state index < -0.39 is 0 Å². The normalized spacial score (nSPS) is 9.40. The molecule has 1 aromatic heterocycles. The minimum Gasteiger partial charge on any atom is -0.469 e. The van der Waals surface area contributed by atoms with Gasteiger partial charge in [0.1, 0.15) is 5.76 Å². The van der Waals surface area contributed by atoms with Crippen LogP contribution in [0.15, 0.2) is 21.9 Å². The van der Waals surface area contributed by atoms with Crippen LogP contribution in [-0.4, -0.2) is 19.0 Å². The molecule has 0 atom stereocenters. The van der Waals surface area contributed by atoms with Gasteiger partial charge in [0.05, 0.1) is 11.8 Å². The van der Waals surface area contributed by atoms with Gasteiger partial charge in [-0.15, -0.1) is 0 Å². The Bertz CT molecular complexity index is 379. The van der Waals surface area contributed by atoms with Gasteiger partial charge in [0.2, 0.25) is 0 Å². The number of hydrogen-bond acceptors (Lipinski definition) is 3. The zero-order valence-electron chi connectivity index (χ0n) is 8.43. The molecule has 0 spiro atoms. The zero-order valence-corrected chi connectivity index (χ0v) is 8.43. The molecule has 0 aromatic carbocycles. The van der Waals surface area contributed by atoms with Gasteiger partial charge in [-0.3, -0.25) is 4.79 Å². The van der Waals surface area contributed by atoms with Crippen molar-refractivity contribution < 1.29 is 9.21 Å². The average Bonchev–Trinajstić information content (AvgIpc) is 2.72. The number of carbonyl (C=O) groups is 1. The summed E-state index contributed by atoms with van der Waals surface area (Å²) in [5.41, 5.74) is 8.57. The molecule has 0 aliphatic rings. The summed E-state index contributed by atoms with van der Waals surface area (Å²) in [5.74, 6) is 0.463. The van der Waals surface area contributed by atoms with Crippen LogP contribution in [-0.2, 0) is 6.42 Å². The minimum atomic E-state index is -0.200. The first kappa shape index (κ1) is 11.1. The van der Waals surface area contributed by atoms with E-state index in [1.807, 2.05) is 6.92 Å². The summed E-state index contributed by atoms with van der Waals surface area (Å²) in [7, 11) is 0. The number of nitrogens with zero attached hydrogens (tertiary/aromatic N) is 3. The maximum absolute atomic E-state index is 11.5. The number of carbonyl (C=O) groups excluding carboxylic acids is 1. The monoisotopic (exact) mass is 208 g/mol. The van der Waals surface area contributed by atoms with Crippen LogP contribution in [0, 0.1) is 0 Å². The first-order valence-corrected chi connectivity index (χ1v) is 4.65. The van der Waals surface area contributed by atoms with Gasteiger partial charge in [-0.1, -0.05) is 12.0 Å². The Labute approximate surface area is 86.9 Å². The van der Waals surface area contributed by atoms with Gasteiger partial charge in [-0.25, -0.2) is 0 Å². The van der Waals surface area contributed by atoms with E-state index in [1.165, 1.54) is 6.26 Å². The molecule has 1 heterocycles. The molecule has 0 aliphatic carbocycles. The molecule has 80 valence electrons. The number of furan rings is 1. The molecule has 1 rings (SSSR count). The Hall–Kier alpha value is -1.94. The van der Waals surface area contributed by atoms with Crippen molar-refractivity contribution in [2.24, 2.45) is 5.11 Å². The topological polar surface area (TPSA) is 91.0 Å². The Morgan fingerprint density at radius 2 is 2.53 bits per heavy atom. The van der Waals surface area contributed by atoms with Crippen LogP contribution in [0.25, 0.3) is 10.4 Å². The summed E-state index contributed by atoms with van der Waals surface area (Å²) in [6.45, 7) is 2.49. The number of aryl methyl sites for hydroxylation is 1. The number of rotatable bonds is 5. The largest absolute Gasteiger partial charge is 0.469 e. The van der Waals surface area contributed by atoms with Crippen molar-refractivity contribution in [2.45, 2.75) is 13.3 Å². The molecule has 1 aromatic rings. The smallest absolute Gasteiger partial charge is 0.254 e. The fourth-order valence-electron chi connectivity index (χ4n) is 1.18. The molecule has 0 bridgehead atoms. The van der Waals surface area contributed by atoms with E-state index in [2.05, 4.69) is 15.3 Å². The minimum absolute atomic E-state index is 0.200. The van der Waals surface area contributed by atoms with Gasteiger partial charge >= 0.3 is 0 Å². The summed E-state index contributed by atoms with van der Waals surface area (Å²) in [6, 6.07) is 1.63. The predicted molar refractivity (Wildman–Crippen MR) is 54.4 cm³/mol. The van der Waals surface area contributed by atoms with E-state index in [9.17, 15) is 4.79 Å². The van der Waals surface area contributed by atoms with Gasteiger partial charge < -0.3 is 9.73 Å². The Balaban J connectivity index is 2.50. The molecule has 0 radical (unpaired) electrons. The summed E-state index contributed by atoms with van der Waals surface area (Å²) < 4.78 is 5.12. The molecular formula is C9H12N4O2. The molecule has 0 fully saturated rings. The average molecular weight is 208 g/mol. The van der Waals surface area contributed by atoms with E-state index in [0.29, 0.717) is 24.3 Å². The predicted octanol–water partition coefficient (Wildman–Crippen LogP) is 1.88. The molecule has 0 saturated heterocycles. The van der Waals surface area contributed by atoms with Gasteiger partial charge in [0.25, 0.3) is 5.91 Å². The molecular weight excluding hydrogens is 196 g/mol. The lowest BCUT2D eigenvalue weighted by atomic mass is 10.2. The SMILES string of the molecule is CCc1occc1C(=O)NCCN=[N+]=[N-]. The number of nitrogens with one attached hydrogen (secondary N) is 1. The van der Waals surface area contributed by atoms with Crippen LogP contribution in [0.3, 0.4) is 0 Å². The Morgan fingerprint density at radius 3 is 3.20 bits per heavy atom. The van der Waals surface area contributed by atoms with Gasteiger partial charge in [0, 0.05) is 24.4 Å². The highest BCUT2D eigenvalue weighted by Crippen LogP contribution is 2.10. The lowest BCUT2D eigenvalue weighted by molar-refractivity contribution is 0.0953. The van der Waals surface area contributed by atoms with Crippen LogP contribution in [0.4, 0.5) is 0 Å². The van der Waals surface area contributed by atoms with E-state index in [0.717, 1.165) is 0 Å². The van der Waals surface area contributed by atoms with E-state index in [1.54, 1.807) is 6.07 Å². The number of azide groups is 1. The third-order valence-electron chi connectivity index (χ3n) is 1.87. The Kier molecular flexibility index (Phi) is 4.25. The Morgan fingerprint density at radius 1 is 1.73 bits per heavy atom. The molecule has 0 aliphatic heterocycles. The van der Waals surface area contributed by atoms with Crippen LogP contribution in [0.1, 0.15) is 23.0 Å². The van der Waals surface area contributed by atoms with E-state index in [4.69, 9.17) is 9.95 Å². The second kappa shape index (κ2) is 5.72. The highest BCUT2D eigenvalue weighted by Gasteiger charge is 2.11. The van der Waals surface area contributed by atoms with Crippen LogP contribution >= 0.6 is 0 Å². The maximum atomic E-state index is 11.5. The van der Waals surface area contributed by atoms with Crippen LogP contribution in [0.5, 0.6) is 0 Å². The fourth-order valence-corrected chi connectivity index (χ4v) is 1.18. The molecule has 1 amide bonds. The number of hydrogen-bond donors (Lipinski definition) is 1. The van der Waals surface area contributed by atoms with Crippen molar-refractivity contribution in [1.82, 2.24) is 5.32 Å². The van der Waals surface area contributed by atoms with Crippen LogP contribution < -0.4 is 5.32 Å². The van der Waals surface area contributed by atoms with Gasteiger partial charge in [-0.2, -0.15) is 0 Å². The highest BCUT2D eigenvalue weighted by molar-refractivity contribution is 5.95. The molecule has 6 nitrogen and oxygen atoms in total. The molecule has 0 saturated carbocycles. The first-order valence-electron chi connectivity index (χ1n) is 4.65. The van der Waals surface area contributed by atoms with Crippen molar-refractivity contribution >= 4 is 5.91 Å². The summed E-state index contributed by atoms with van der Waals surface area (Å²) in [5, 5.41) is 5.94. The third kappa shape index (κ3) is 3.03. The summed E-state index contributed by atoms with van der Waals surface area (Å²) in [6.07, 6.45) is 2.16. The van der Waals surface area contributed by atoms with E-state index >= 15 is 0 Å². The van der Waals surface area contributed by atoms with Crippen LogP contribution in [0.2, 0.25) is 0 Å². The molecule has 1 N–H and O–H groups in total. The molecule has 6 heteroatoms. The van der Waals surface area contributed by atoms with Gasteiger partial charge in [0.15, 0.2) is 0 Å². The summed E-state index contributed by atoms with van der Waals surface area (Å²) in [4.78, 5) is 14.1. The molecule has 15 heavy (non-hydrogen) atoms. The second-order valence-electron chi connectivity index (χ2n) is 2.82. The lowest BCUT2D eigenvalue weighted by Crippen LogP contribution is -2.26. The molecule has 0 unspecified atom stereocenters. The van der Waals surface area contributed by atoms with Crippen molar-refractivity contribution in [1.29, 1.82) is 0 Å². The standard InChI is InChI=1S/C9H12N4O2/c1-2-8-7(3-6-15-8)9(14)11-4-5-12-13-10/h3,6H,2,4-5H2,1H3,(H,11,14). The van der Waals surface area contributed by atoms with Crippen molar-refractivity contribution in [3.63, 3.8) is 0 Å². The van der Waals surface area contributed by atoms with Crippen molar-refractivity contribution in [3.05, 3.63) is 34.1 Å². The first-order chi connectivity index (χ1) is 7.29.